The van der Waals surface area contributed by atoms with Crippen molar-refractivity contribution < 1.29 is 14.1 Å². The minimum Gasteiger partial charge on any atom is -0.408 e. The van der Waals surface area contributed by atoms with Crippen LogP contribution in [0.1, 0.15) is 16.2 Å². The molecule has 2 rings (SSSR count). The summed E-state index contributed by atoms with van der Waals surface area (Å²) in [6.07, 6.45) is 0. The predicted octanol–water partition coefficient (Wildman–Crippen LogP) is 1.58. The summed E-state index contributed by atoms with van der Waals surface area (Å²) in [5.74, 6) is -0.283. The first-order chi connectivity index (χ1) is 9.51. The van der Waals surface area contributed by atoms with E-state index in [2.05, 4.69) is 20.8 Å². The lowest BCUT2D eigenvalue weighted by molar-refractivity contribution is -0.384. The highest BCUT2D eigenvalue weighted by Gasteiger charge is 2.18. The van der Waals surface area contributed by atoms with Gasteiger partial charge < -0.3 is 9.73 Å². The number of carbonyl (C=O) groups excluding carboxylic acids is 1. The molecular weight excluding hydrogens is 266 g/mol. The number of nitrogens with zero attached hydrogens (tertiary/aromatic N) is 3. The molecule has 2 N–H and O–H groups in total. The maximum Gasteiger partial charge on any atom is 0.322 e. The molecule has 0 saturated carbocycles. The lowest BCUT2D eigenvalue weighted by atomic mass is 10.1. The molecule has 0 atom stereocenters. The van der Waals surface area contributed by atoms with Gasteiger partial charge in [-0.25, -0.2) is 0 Å². The van der Waals surface area contributed by atoms with Crippen LogP contribution in [0.2, 0.25) is 0 Å². The first-order valence-corrected chi connectivity index (χ1v) is 5.59. The number of aryl methyl sites for hydroxylation is 1. The van der Waals surface area contributed by atoms with Gasteiger partial charge in [0.2, 0.25) is 5.89 Å². The number of nitrogens with one attached hydrogen (secondary N) is 2. The number of rotatable bonds is 4. The third-order valence-electron chi connectivity index (χ3n) is 2.47. The summed E-state index contributed by atoms with van der Waals surface area (Å²) < 4.78 is 5.02. The van der Waals surface area contributed by atoms with Gasteiger partial charge in [-0.05, 0) is 6.07 Å². The van der Waals surface area contributed by atoms with Gasteiger partial charge in [0.15, 0.2) is 0 Å². The van der Waals surface area contributed by atoms with Crippen LogP contribution in [-0.4, -0.2) is 28.1 Å². The first-order valence-electron chi connectivity index (χ1n) is 5.59. The van der Waals surface area contributed by atoms with E-state index in [1.807, 2.05) is 0 Å². The summed E-state index contributed by atoms with van der Waals surface area (Å²) in [4.78, 5) is 22.2. The van der Waals surface area contributed by atoms with E-state index in [1.165, 1.54) is 18.2 Å². The molecule has 9 nitrogen and oxygen atoms in total. The summed E-state index contributed by atoms with van der Waals surface area (Å²) in [6.45, 7) is 1.58. The second kappa shape index (κ2) is 5.34. The molecule has 1 aromatic heterocycles. The molecule has 1 heterocycles. The van der Waals surface area contributed by atoms with E-state index in [1.54, 1.807) is 14.0 Å². The minimum absolute atomic E-state index is 0.0685. The molecule has 9 heteroatoms. The number of carbonyl (C=O) groups is 1. The van der Waals surface area contributed by atoms with Gasteiger partial charge in [-0.2, -0.15) is 0 Å². The van der Waals surface area contributed by atoms with Gasteiger partial charge in [-0.1, -0.05) is 5.10 Å². The van der Waals surface area contributed by atoms with Crippen molar-refractivity contribution in [1.29, 1.82) is 0 Å². The molecule has 0 aliphatic carbocycles. The standard InChI is InChI=1S/C11H11N5O4/c1-6-14-15-11(20-6)13-10(17)8-5-7(16(18)19)3-4-9(8)12-2/h3-5,12H,1-2H3,(H,13,15,17). The van der Waals surface area contributed by atoms with Crippen molar-refractivity contribution in [3.05, 3.63) is 39.8 Å². The lowest BCUT2D eigenvalue weighted by Gasteiger charge is -2.07. The Morgan fingerprint density at radius 3 is 2.70 bits per heavy atom. The van der Waals surface area contributed by atoms with Crippen LogP contribution in [0, 0.1) is 17.0 Å². The fourth-order valence-electron chi connectivity index (χ4n) is 1.56. The van der Waals surface area contributed by atoms with Crippen molar-refractivity contribution in [1.82, 2.24) is 10.2 Å². The molecule has 0 aliphatic heterocycles. The Balaban J connectivity index is 2.32. The van der Waals surface area contributed by atoms with Gasteiger partial charge in [0.05, 0.1) is 10.5 Å². The number of hydrogen-bond acceptors (Lipinski definition) is 7. The molecule has 0 saturated heterocycles. The van der Waals surface area contributed by atoms with Gasteiger partial charge in [-0.3, -0.25) is 20.2 Å². The summed E-state index contributed by atoms with van der Waals surface area (Å²) in [5.41, 5.74) is 0.373. The fraction of sp³-hybridized carbons (Fsp3) is 0.182. The van der Waals surface area contributed by atoms with E-state index in [4.69, 9.17) is 4.42 Å². The number of non-ortho nitro benzene ring substituents is 1. The van der Waals surface area contributed by atoms with E-state index in [-0.39, 0.29) is 17.3 Å². The quantitative estimate of drug-likeness (QED) is 0.642. The van der Waals surface area contributed by atoms with E-state index in [9.17, 15) is 14.9 Å². The second-order valence-electron chi connectivity index (χ2n) is 3.82. The van der Waals surface area contributed by atoms with E-state index >= 15 is 0 Å². The van der Waals surface area contributed by atoms with Gasteiger partial charge in [-0.15, -0.1) is 5.10 Å². The predicted molar refractivity (Wildman–Crippen MR) is 69.6 cm³/mol. The van der Waals surface area contributed by atoms with Crippen LogP contribution in [0.15, 0.2) is 22.6 Å². The van der Waals surface area contributed by atoms with Gasteiger partial charge in [0.1, 0.15) is 0 Å². The van der Waals surface area contributed by atoms with Crippen molar-refractivity contribution in [2.75, 3.05) is 17.7 Å². The molecule has 0 spiro atoms. The molecule has 1 amide bonds. The highest BCUT2D eigenvalue weighted by molar-refractivity contribution is 6.07. The van der Waals surface area contributed by atoms with Gasteiger partial charge in [0, 0.05) is 31.8 Å². The molecular formula is C11H11N5O4. The highest BCUT2D eigenvalue weighted by atomic mass is 16.6. The number of hydrogen-bond donors (Lipinski definition) is 2. The number of aromatic nitrogens is 2. The molecule has 0 bridgehead atoms. The fourth-order valence-corrected chi connectivity index (χ4v) is 1.56. The largest absolute Gasteiger partial charge is 0.408 e. The molecule has 1 aromatic carbocycles. The molecule has 104 valence electrons. The van der Waals surface area contributed by atoms with Crippen molar-refractivity contribution in [3.63, 3.8) is 0 Å². The van der Waals surface area contributed by atoms with Gasteiger partial charge >= 0.3 is 6.01 Å². The zero-order valence-electron chi connectivity index (χ0n) is 10.7. The summed E-state index contributed by atoms with van der Waals surface area (Å²) >= 11 is 0. The third-order valence-corrected chi connectivity index (χ3v) is 2.47. The zero-order valence-corrected chi connectivity index (χ0v) is 10.7. The van der Waals surface area contributed by atoms with E-state index in [0.717, 1.165) is 0 Å². The Morgan fingerprint density at radius 2 is 2.15 bits per heavy atom. The molecule has 0 fully saturated rings. The van der Waals surface area contributed by atoms with Crippen LogP contribution in [0.25, 0.3) is 0 Å². The maximum absolute atomic E-state index is 12.1. The number of anilines is 2. The minimum atomic E-state index is -0.582. The average molecular weight is 277 g/mol. The van der Waals surface area contributed by atoms with Crippen LogP contribution < -0.4 is 10.6 Å². The topological polar surface area (TPSA) is 123 Å². The van der Waals surface area contributed by atoms with Crippen LogP contribution >= 0.6 is 0 Å². The Bertz CT molecular complexity index is 667. The second-order valence-corrected chi connectivity index (χ2v) is 3.82. The highest BCUT2D eigenvalue weighted by Crippen LogP contribution is 2.22. The third kappa shape index (κ3) is 2.71. The number of benzene rings is 1. The number of nitro groups is 1. The Labute approximate surface area is 113 Å². The maximum atomic E-state index is 12.1. The first kappa shape index (κ1) is 13.5. The lowest BCUT2D eigenvalue weighted by Crippen LogP contribution is -2.14. The average Bonchev–Trinajstić information content (AvgIpc) is 2.83. The SMILES string of the molecule is CNc1ccc([N+](=O)[O-])cc1C(=O)Nc1nnc(C)o1. The molecule has 2 aromatic rings. The monoisotopic (exact) mass is 277 g/mol. The summed E-state index contributed by atoms with van der Waals surface area (Å²) in [7, 11) is 1.61. The van der Waals surface area contributed by atoms with Crippen LogP contribution in [-0.2, 0) is 0 Å². The summed E-state index contributed by atoms with van der Waals surface area (Å²) in [5, 5.41) is 23.1. The van der Waals surface area contributed by atoms with Crippen molar-refractivity contribution in [2.45, 2.75) is 6.92 Å². The molecule has 0 aliphatic rings. The van der Waals surface area contributed by atoms with Gasteiger partial charge in [0.25, 0.3) is 11.6 Å². The normalized spacial score (nSPS) is 10.1. The molecule has 20 heavy (non-hydrogen) atoms. The smallest absolute Gasteiger partial charge is 0.322 e. The number of nitro benzene ring substituents is 1. The van der Waals surface area contributed by atoms with Crippen LogP contribution in [0.3, 0.4) is 0 Å². The van der Waals surface area contributed by atoms with Crippen molar-refractivity contribution in [3.8, 4) is 0 Å². The van der Waals surface area contributed by atoms with E-state index < -0.39 is 10.8 Å². The molecule has 0 unspecified atom stereocenters. The van der Waals surface area contributed by atoms with Crippen molar-refractivity contribution >= 4 is 23.3 Å². The van der Waals surface area contributed by atoms with Crippen LogP contribution in [0.5, 0.6) is 0 Å². The number of amides is 1. The Morgan fingerprint density at radius 1 is 1.40 bits per heavy atom. The summed E-state index contributed by atoms with van der Waals surface area (Å²) in [6, 6.07) is 3.86. The Hall–Kier alpha value is -2.97. The van der Waals surface area contributed by atoms with E-state index in [0.29, 0.717) is 11.6 Å². The Kier molecular flexibility index (Phi) is 3.60. The van der Waals surface area contributed by atoms with Crippen LogP contribution in [0.4, 0.5) is 17.4 Å². The molecule has 0 radical (unpaired) electrons. The zero-order chi connectivity index (χ0) is 14.7. The van der Waals surface area contributed by atoms with Crippen molar-refractivity contribution in [2.24, 2.45) is 0 Å².